The standard InChI is InChI=1S/C26H29N3O5/c1-32-18-9-6-17(7-10-18)8-13-22-21(25(30)31)16-27-26(28-22)29-14-4-5-23(29)20-12-11-19(33-2)15-24(20)34-3/h6-7,9-12,15-16,23H,4-5,8,13-14H2,1-3H3,(H,30,31)/t23-/m0/s1. The fraction of sp³-hybridized carbons (Fsp3) is 0.346. The lowest BCUT2D eigenvalue weighted by molar-refractivity contribution is 0.0694. The van der Waals surface area contributed by atoms with E-state index in [-0.39, 0.29) is 11.6 Å². The van der Waals surface area contributed by atoms with Crippen molar-refractivity contribution in [3.05, 3.63) is 71.0 Å². The van der Waals surface area contributed by atoms with Gasteiger partial charge in [-0.3, -0.25) is 0 Å². The maximum absolute atomic E-state index is 11.8. The molecule has 1 aromatic heterocycles. The summed E-state index contributed by atoms with van der Waals surface area (Å²) in [5.41, 5.74) is 2.78. The predicted octanol–water partition coefficient (Wildman–Crippen LogP) is 4.33. The number of carbonyl (C=O) groups is 1. The molecule has 1 aliphatic heterocycles. The quantitative estimate of drug-likeness (QED) is 0.501. The van der Waals surface area contributed by atoms with Gasteiger partial charge in [-0.15, -0.1) is 0 Å². The minimum atomic E-state index is -1.02. The molecule has 1 aliphatic rings. The number of aromatic carboxylic acids is 1. The third-order valence-corrected chi connectivity index (χ3v) is 6.20. The van der Waals surface area contributed by atoms with Gasteiger partial charge in [0.15, 0.2) is 0 Å². The average Bonchev–Trinajstić information content (AvgIpc) is 3.36. The summed E-state index contributed by atoms with van der Waals surface area (Å²) in [6.07, 6.45) is 4.48. The van der Waals surface area contributed by atoms with Gasteiger partial charge in [-0.1, -0.05) is 12.1 Å². The zero-order valence-electron chi connectivity index (χ0n) is 19.7. The molecule has 0 bridgehead atoms. The van der Waals surface area contributed by atoms with Gasteiger partial charge in [-0.05, 0) is 55.5 Å². The Labute approximate surface area is 199 Å². The molecule has 0 spiro atoms. The van der Waals surface area contributed by atoms with Gasteiger partial charge in [0.25, 0.3) is 0 Å². The summed E-state index contributed by atoms with van der Waals surface area (Å²) < 4.78 is 16.2. The lowest BCUT2D eigenvalue weighted by atomic mass is 10.0. The maximum atomic E-state index is 11.8. The Morgan fingerprint density at radius 3 is 2.44 bits per heavy atom. The van der Waals surface area contributed by atoms with E-state index < -0.39 is 5.97 Å². The molecule has 178 valence electrons. The van der Waals surface area contributed by atoms with Crippen LogP contribution in [0.1, 0.15) is 46.1 Å². The topological polar surface area (TPSA) is 94.0 Å². The van der Waals surface area contributed by atoms with Crippen molar-refractivity contribution in [2.24, 2.45) is 0 Å². The molecule has 1 atom stereocenters. The van der Waals surface area contributed by atoms with Crippen molar-refractivity contribution < 1.29 is 24.1 Å². The number of carboxylic acids is 1. The smallest absolute Gasteiger partial charge is 0.339 e. The van der Waals surface area contributed by atoms with Crippen molar-refractivity contribution in [1.82, 2.24) is 9.97 Å². The van der Waals surface area contributed by atoms with Crippen molar-refractivity contribution in [2.75, 3.05) is 32.8 Å². The van der Waals surface area contributed by atoms with E-state index in [1.54, 1.807) is 21.3 Å². The summed E-state index contributed by atoms with van der Waals surface area (Å²) in [5, 5.41) is 9.70. The largest absolute Gasteiger partial charge is 0.497 e. The lowest BCUT2D eigenvalue weighted by Crippen LogP contribution is -2.26. The number of hydrogen-bond acceptors (Lipinski definition) is 7. The number of benzene rings is 2. The number of carboxylic acid groups (broad SMARTS) is 1. The predicted molar refractivity (Wildman–Crippen MR) is 128 cm³/mol. The van der Waals surface area contributed by atoms with E-state index in [0.29, 0.717) is 24.5 Å². The Bertz CT molecular complexity index is 1150. The molecule has 1 fully saturated rings. The van der Waals surface area contributed by atoms with Gasteiger partial charge >= 0.3 is 5.97 Å². The third kappa shape index (κ3) is 4.90. The van der Waals surface area contributed by atoms with E-state index in [0.717, 1.165) is 47.8 Å². The second-order valence-electron chi connectivity index (χ2n) is 8.14. The zero-order chi connectivity index (χ0) is 24.1. The monoisotopic (exact) mass is 463 g/mol. The van der Waals surface area contributed by atoms with Crippen LogP contribution in [0.15, 0.2) is 48.7 Å². The molecular formula is C26H29N3O5. The van der Waals surface area contributed by atoms with Crippen LogP contribution in [0, 0.1) is 0 Å². The highest BCUT2D eigenvalue weighted by molar-refractivity contribution is 5.88. The Morgan fingerprint density at radius 2 is 1.76 bits per heavy atom. The zero-order valence-corrected chi connectivity index (χ0v) is 19.7. The molecule has 3 aromatic rings. The van der Waals surface area contributed by atoms with Crippen molar-refractivity contribution in [3.63, 3.8) is 0 Å². The summed E-state index contributed by atoms with van der Waals surface area (Å²) in [7, 11) is 4.90. The van der Waals surface area contributed by atoms with Gasteiger partial charge in [0.2, 0.25) is 5.95 Å². The molecule has 8 heteroatoms. The number of methoxy groups -OCH3 is 3. The molecule has 1 N–H and O–H groups in total. The van der Waals surface area contributed by atoms with Crippen LogP contribution in [-0.4, -0.2) is 48.9 Å². The molecule has 0 aliphatic carbocycles. The summed E-state index contributed by atoms with van der Waals surface area (Å²) in [6.45, 7) is 0.782. The van der Waals surface area contributed by atoms with Crippen molar-refractivity contribution in [2.45, 2.75) is 31.7 Å². The van der Waals surface area contributed by atoms with E-state index in [4.69, 9.17) is 19.2 Å². The highest BCUT2D eigenvalue weighted by Crippen LogP contribution is 2.40. The number of anilines is 1. The average molecular weight is 464 g/mol. The number of rotatable bonds is 9. The summed E-state index contributed by atoms with van der Waals surface area (Å²) >= 11 is 0. The molecule has 34 heavy (non-hydrogen) atoms. The molecule has 8 nitrogen and oxygen atoms in total. The van der Waals surface area contributed by atoms with Gasteiger partial charge in [0, 0.05) is 24.4 Å². The second-order valence-corrected chi connectivity index (χ2v) is 8.14. The number of ether oxygens (including phenoxy) is 3. The van der Waals surface area contributed by atoms with Crippen LogP contribution in [0.2, 0.25) is 0 Å². The first-order chi connectivity index (χ1) is 16.5. The minimum absolute atomic E-state index is 0.0333. The normalized spacial score (nSPS) is 15.3. The van der Waals surface area contributed by atoms with Crippen molar-refractivity contribution in [3.8, 4) is 17.2 Å². The SMILES string of the molecule is COc1ccc(CCc2nc(N3CCC[C@H]3c3ccc(OC)cc3OC)ncc2C(=O)O)cc1. The third-order valence-electron chi connectivity index (χ3n) is 6.20. The Kier molecular flexibility index (Phi) is 7.15. The number of nitrogens with zero attached hydrogens (tertiary/aromatic N) is 3. The molecular weight excluding hydrogens is 434 g/mol. The maximum Gasteiger partial charge on any atom is 0.339 e. The van der Waals surface area contributed by atoms with Gasteiger partial charge in [-0.25, -0.2) is 14.8 Å². The van der Waals surface area contributed by atoms with Gasteiger partial charge in [0.05, 0.1) is 38.6 Å². The highest BCUT2D eigenvalue weighted by atomic mass is 16.5. The van der Waals surface area contributed by atoms with E-state index in [9.17, 15) is 9.90 Å². The lowest BCUT2D eigenvalue weighted by Gasteiger charge is -2.27. The van der Waals surface area contributed by atoms with Crippen molar-refractivity contribution in [1.29, 1.82) is 0 Å². The number of aromatic nitrogens is 2. The molecule has 0 saturated carbocycles. The molecule has 1 saturated heterocycles. The molecule has 2 heterocycles. The first-order valence-electron chi connectivity index (χ1n) is 11.2. The van der Waals surface area contributed by atoms with Gasteiger partial charge in [0.1, 0.15) is 17.2 Å². The van der Waals surface area contributed by atoms with Crippen LogP contribution in [0.3, 0.4) is 0 Å². The van der Waals surface area contributed by atoms with Crippen LogP contribution < -0.4 is 19.1 Å². The number of aryl methyl sites for hydroxylation is 2. The fourth-order valence-electron chi connectivity index (χ4n) is 4.39. The molecule has 0 unspecified atom stereocenters. The summed E-state index contributed by atoms with van der Waals surface area (Å²) in [6, 6.07) is 13.6. The van der Waals surface area contributed by atoms with E-state index in [2.05, 4.69) is 9.88 Å². The van der Waals surface area contributed by atoms with Crippen molar-refractivity contribution >= 4 is 11.9 Å². The first kappa shape index (κ1) is 23.4. The highest BCUT2D eigenvalue weighted by Gasteiger charge is 2.31. The summed E-state index contributed by atoms with van der Waals surface area (Å²) in [4.78, 5) is 23.1. The Balaban J connectivity index is 1.61. The van der Waals surface area contributed by atoms with Crippen LogP contribution in [-0.2, 0) is 12.8 Å². The first-order valence-corrected chi connectivity index (χ1v) is 11.2. The van der Waals surface area contributed by atoms with Gasteiger partial charge in [-0.2, -0.15) is 0 Å². The second kappa shape index (κ2) is 10.4. The van der Waals surface area contributed by atoms with E-state index in [1.165, 1.54) is 6.20 Å². The number of hydrogen-bond donors (Lipinski definition) is 1. The molecule has 0 amide bonds. The minimum Gasteiger partial charge on any atom is -0.497 e. The fourth-order valence-corrected chi connectivity index (χ4v) is 4.39. The van der Waals surface area contributed by atoms with E-state index in [1.807, 2.05) is 42.5 Å². The Morgan fingerprint density at radius 1 is 1.03 bits per heavy atom. The van der Waals surface area contributed by atoms with E-state index >= 15 is 0 Å². The van der Waals surface area contributed by atoms with Crippen LogP contribution >= 0.6 is 0 Å². The molecule has 0 radical (unpaired) electrons. The molecule has 2 aromatic carbocycles. The van der Waals surface area contributed by atoms with Gasteiger partial charge < -0.3 is 24.2 Å². The van der Waals surface area contributed by atoms with Crippen LogP contribution in [0.4, 0.5) is 5.95 Å². The van der Waals surface area contributed by atoms with Crippen LogP contribution in [0.25, 0.3) is 0 Å². The Hall–Kier alpha value is -3.81. The van der Waals surface area contributed by atoms with Crippen LogP contribution in [0.5, 0.6) is 17.2 Å². The summed E-state index contributed by atoms with van der Waals surface area (Å²) in [5.74, 6) is 1.78. The molecule has 4 rings (SSSR count).